The first-order valence-electron chi connectivity index (χ1n) is 8.78. The Bertz CT molecular complexity index is 1230. The Labute approximate surface area is 194 Å². The molecule has 2 aromatic carbocycles. The molecule has 0 saturated carbocycles. The molecule has 0 aliphatic rings. The number of carbonyl (C=O) groups excluding carboxylic acids is 2. The minimum Gasteiger partial charge on any atom is -0.495 e. The number of carbonyl (C=O) groups is 2. The zero-order valence-electron chi connectivity index (χ0n) is 15.9. The number of thiazole rings is 1. The number of ether oxygens (including phenoxy) is 1. The highest BCUT2D eigenvalue weighted by Gasteiger charge is 2.16. The number of benzene rings is 2. The van der Waals surface area contributed by atoms with Crippen molar-refractivity contribution in [3.05, 3.63) is 52.5 Å². The number of amides is 2. The molecule has 0 unspecified atom stereocenters. The van der Waals surface area contributed by atoms with Gasteiger partial charge in [0.25, 0.3) is 5.91 Å². The van der Waals surface area contributed by atoms with Gasteiger partial charge in [-0.1, -0.05) is 46.8 Å². The number of nitrogens with one attached hydrogen (secondary N) is 2. The van der Waals surface area contributed by atoms with Gasteiger partial charge in [0, 0.05) is 5.02 Å². The molecular formula is C19H14ClN5O3S3. The van der Waals surface area contributed by atoms with Crippen LogP contribution >= 0.6 is 46.0 Å². The summed E-state index contributed by atoms with van der Waals surface area (Å²) in [6.07, 6.45) is 0. The van der Waals surface area contributed by atoms with Gasteiger partial charge >= 0.3 is 0 Å². The number of thioether (sulfide) groups is 1. The molecule has 8 nitrogen and oxygen atoms in total. The predicted octanol–water partition coefficient (Wildman–Crippen LogP) is 4.79. The minimum absolute atomic E-state index is 0.107. The number of para-hydroxylation sites is 1. The third kappa shape index (κ3) is 5.31. The lowest BCUT2D eigenvalue weighted by Crippen LogP contribution is -2.14. The first-order chi connectivity index (χ1) is 15.0. The van der Waals surface area contributed by atoms with Crippen molar-refractivity contribution in [1.29, 1.82) is 0 Å². The highest BCUT2D eigenvalue weighted by Crippen LogP contribution is 2.30. The summed E-state index contributed by atoms with van der Waals surface area (Å²) in [5, 5.41) is 14.6. The molecule has 31 heavy (non-hydrogen) atoms. The molecular weight excluding hydrogens is 478 g/mol. The summed E-state index contributed by atoms with van der Waals surface area (Å²) in [5.74, 6) is 0.0230. The standard InChI is InChI=1S/C19H14ClN5O3S3/c1-28-13-7-6-10(20)8-12(13)21-15(26)9-29-19-25-24-18(31-19)23-16(27)17-22-11-4-2-3-5-14(11)30-17/h2-8H,9H2,1H3,(H,21,26)(H,23,24,27). The van der Waals surface area contributed by atoms with Crippen molar-refractivity contribution in [3.63, 3.8) is 0 Å². The summed E-state index contributed by atoms with van der Waals surface area (Å²) in [6, 6.07) is 12.5. The smallest absolute Gasteiger partial charge is 0.286 e. The number of hydrogen-bond acceptors (Lipinski definition) is 9. The quantitative estimate of drug-likeness (QED) is 0.282. The van der Waals surface area contributed by atoms with Gasteiger partial charge in [0.15, 0.2) is 9.35 Å². The number of rotatable bonds is 7. The van der Waals surface area contributed by atoms with E-state index in [4.69, 9.17) is 16.3 Å². The molecule has 4 rings (SSSR count). The van der Waals surface area contributed by atoms with E-state index in [-0.39, 0.29) is 17.6 Å². The molecule has 158 valence electrons. The monoisotopic (exact) mass is 491 g/mol. The molecule has 2 heterocycles. The predicted molar refractivity (Wildman–Crippen MR) is 125 cm³/mol. The molecule has 2 N–H and O–H groups in total. The van der Waals surface area contributed by atoms with E-state index in [0.29, 0.717) is 30.9 Å². The molecule has 0 aliphatic carbocycles. The number of nitrogens with zero attached hydrogens (tertiary/aromatic N) is 3. The lowest BCUT2D eigenvalue weighted by molar-refractivity contribution is -0.113. The van der Waals surface area contributed by atoms with Crippen molar-refractivity contribution >= 4 is 78.9 Å². The molecule has 4 aromatic rings. The van der Waals surface area contributed by atoms with Crippen LogP contribution < -0.4 is 15.4 Å². The third-order valence-corrected chi connectivity index (χ3v) is 7.12. The number of methoxy groups -OCH3 is 1. The van der Waals surface area contributed by atoms with E-state index in [1.54, 1.807) is 18.2 Å². The van der Waals surface area contributed by atoms with Crippen LogP contribution in [-0.4, -0.2) is 39.9 Å². The highest BCUT2D eigenvalue weighted by molar-refractivity contribution is 8.01. The van der Waals surface area contributed by atoms with E-state index < -0.39 is 0 Å². The van der Waals surface area contributed by atoms with Gasteiger partial charge in [-0.25, -0.2) is 4.98 Å². The molecule has 0 radical (unpaired) electrons. The summed E-state index contributed by atoms with van der Waals surface area (Å²) in [4.78, 5) is 29.0. The molecule has 0 spiro atoms. The lowest BCUT2D eigenvalue weighted by atomic mass is 10.3. The van der Waals surface area contributed by atoms with Gasteiger partial charge in [0.1, 0.15) is 5.75 Å². The van der Waals surface area contributed by atoms with E-state index in [9.17, 15) is 9.59 Å². The van der Waals surface area contributed by atoms with Crippen LogP contribution in [0, 0.1) is 0 Å². The van der Waals surface area contributed by atoms with Crippen molar-refractivity contribution in [2.75, 3.05) is 23.5 Å². The first kappa shape index (κ1) is 21.5. The Morgan fingerprint density at radius 3 is 2.77 bits per heavy atom. The summed E-state index contributed by atoms with van der Waals surface area (Å²) in [5.41, 5.74) is 1.26. The van der Waals surface area contributed by atoms with Crippen LogP contribution in [0.1, 0.15) is 9.80 Å². The van der Waals surface area contributed by atoms with Gasteiger partial charge in [0.2, 0.25) is 11.0 Å². The lowest BCUT2D eigenvalue weighted by Gasteiger charge is -2.09. The van der Waals surface area contributed by atoms with Gasteiger partial charge < -0.3 is 10.1 Å². The molecule has 2 amide bonds. The normalized spacial score (nSPS) is 10.8. The molecule has 2 aromatic heterocycles. The fourth-order valence-corrected chi connectivity index (χ4v) is 5.11. The minimum atomic E-state index is -0.348. The van der Waals surface area contributed by atoms with E-state index in [0.717, 1.165) is 10.2 Å². The number of halogens is 1. The van der Waals surface area contributed by atoms with Crippen LogP contribution in [0.5, 0.6) is 5.75 Å². The largest absolute Gasteiger partial charge is 0.495 e. The van der Waals surface area contributed by atoms with E-state index in [1.165, 1.54) is 41.5 Å². The fraction of sp³-hybridized carbons (Fsp3) is 0.105. The summed E-state index contributed by atoms with van der Waals surface area (Å²) >= 11 is 9.67. The summed E-state index contributed by atoms with van der Waals surface area (Å²) in [6.45, 7) is 0. The Balaban J connectivity index is 1.33. The van der Waals surface area contributed by atoms with Crippen LogP contribution in [0.25, 0.3) is 10.2 Å². The van der Waals surface area contributed by atoms with Crippen LogP contribution in [0.2, 0.25) is 5.02 Å². The number of anilines is 2. The van der Waals surface area contributed by atoms with Gasteiger partial charge in [-0.2, -0.15) is 0 Å². The second-order valence-corrected chi connectivity index (χ2v) is 9.66. The van der Waals surface area contributed by atoms with Gasteiger partial charge in [-0.3, -0.25) is 14.9 Å². The second-order valence-electron chi connectivity index (χ2n) is 6.00. The van der Waals surface area contributed by atoms with Crippen molar-refractivity contribution in [1.82, 2.24) is 15.2 Å². The SMILES string of the molecule is COc1ccc(Cl)cc1NC(=O)CSc1nnc(NC(=O)c2nc3ccccc3s2)s1. The van der Waals surface area contributed by atoms with Gasteiger partial charge in [-0.15, -0.1) is 21.5 Å². The second kappa shape index (κ2) is 9.60. The van der Waals surface area contributed by atoms with Gasteiger partial charge in [0.05, 0.1) is 28.8 Å². The molecule has 0 aliphatic heterocycles. The maximum absolute atomic E-state index is 12.4. The zero-order valence-corrected chi connectivity index (χ0v) is 19.1. The molecule has 0 bridgehead atoms. The van der Waals surface area contributed by atoms with Crippen LogP contribution in [0.3, 0.4) is 0 Å². The molecule has 12 heteroatoms. The maximum atomic E-state index is 12.4. The number of aromatic nitrogens is 3. The Kier molecular flexibility index (Phi) is 6.66. The van der Waals surface area contributed by atoms with E-state index in [1.807, 2.05) is 24.3 Å². The van der Waals surface area contributed by atoms with Crippen LogP contribution in [0.4, 0.5) is 10.8 Å². The maximum Gasteiger partial charge on any atom is 0.286 e. The third-order valence-electron chi connectivity index (χ3n) is 3.88. The number of hydrogen-bond donors (Lipinski definition) is 2. The Morgan fingerprint density at radius 1 is 1.13 bits per heavy atom. The van der Waals surface area contributed by atoms with Crippen LogP contribution in [0.15, 0.2) is 46.8 Å². The fourth-order valence-electron chi connectivity index (χ4n) is 2.53. The van der Waals surface area contributed by atoms with Crippen molar-refractivity contribution in [3.8, 4) is 5.75 Å². The molecule has 0 atom stereocenters. The number of fused-ring (bicyclic) bond motifs is 1. The average molecular weight is 492 g/mol. The molecule has 0 fully saturated rings. The van der Waals surface area contributed by atoms with E-state index in [2.05, 4.69) is 25.8 Å². The van der Waals surface area contributed by atoms with Crippen molar-refractivity contribution in [2.24, 2.45) is 0 Å². The van der Waals surface area contributed by atoms with Gasteiger partial charge in [-0.05, 0) is 30.3 Å². The van der Waals surface area contributed by atoms with E-state index >= 15 is 0 Å². The highest BCUT2D eigenvalue weighted by atomic mass is 35.5. The summed E-state index contributed by atoms with van der Waals surface area (Å²) in [7, 11) is 1.51. The average Bonchev–Trinajstić information content (AvgIpc) is 3.39. The molecule has 0 saturated heterocycles. The zero-order chi connectivity index (χ0) is 21.8. The summed E-state index contributed by atoms with van der Waals surface area (Å²) < 4.78 is 6.70. The Morgan fingerprint density at radius 2 is 1.97 bits per heavy atom. The topological polar surface area (TPSA) is 106 Å². The van der Waals surface area contributed by atoms with Crippen molar-refractivity contribution in [2.45, 2.75) is 4.34 Å². The Hall–Kier alpha value is -2.73. The van der Waals surface area contributed by atoms with Crippen LogP contribution in [-0.2, 0) is 4.79 Å². The van der Waals surface area contributed by atoms with Crippen molar-refractivity contribution < 1.29 is 14.3 Å². The first-order valence-corrected chi connectivity index (χ1v) is 11.8.